The zero-order chi connectivity index (χ0) is 17.2. The lowest BCUT2D eigenvalue weighted by atomic mass is 10.1. The van der Waals surface area contributed by atoms with Crippen molar-refractivity contribution in [3.8, 4) is 0 Å². The molecule has 0 aliphatic rings. The lowest BCUT2D eigenvalue weighted by Crippen LogP contribution is -2.14. The van der Waals surface area contributed by atoms with Gasteiger partial charge in [-0.2, -0.15) is 0 Å². The molecular weight excluding hydrogens is 284 g/mol. The van der Waals surface area contributed by atoms with Gasteiger partial charge in [-0.1, -0.05) is 58.3 Å². The molecule has 4 N–H and O–H groups in total. The lowest BCUT2D eigenvalue weighted by Gasteiger charge is -2.02. The molecule has 0 fully saturated rings. The van der Waals surface area contributed by atoms with E-state index in [1.54, 1.807) is 6.92 Å². The normalized spacial score (nSPS) is 12.5. The van der Waals surface area contributed by atoms with Crippen molar-refractivity contribution in [3.63, 3.8) is 0 Å². The van der Waals surface area contributed by atoms with Crippen molar-refractivity contribution in [1.29, 1.82) is 0 Å². The van der Waals surface area contributed by atoms with Crippen LogP contribution in [-0.2, 0) is 4.79 Å². The van der Waals surface area contributed by atoms with E-state index in [0.29, 0.717) is 6.42 Å². The Bertz CT molecular complexity index is 276. The number of carboxylic acids is 1. The number of hydrogen-bond donors (Lipinski definition) is 4. The maximum absolute atomic E-state index is 10.2. The quantitative estimate of drug-likeness (QED) is 0.324. The fraction of sp³-hybridized carbons (Fsp3) is 0.824. The molecule has 1 atom stereocenters. The molecule has 0 aliphatic heterocycles. The third-order valence-corrected chi connectivity index (χ3v) is 3.30. The predicted molar refractivity (Wildman–Crippen MR) is 89.0 cm³/mol. The van der Waals surface area contributed by atoms with Crippen molar-refractivity contribution < 1.29 is 25.2 Å². The highest BCUT2D eigenvalue weighted by Crippen LogP contribution is 2.10. The van der Waals surface area contributed by atoms with E-state index in [1.165, 1.54) is 51.0 Å². The summed E-state index contributed by atoms with van der Waals surface area (Å²) in [6.07, 6.45) is 11.7. The summed E-state index contributed by atoms with van der Waals surface area (Å²) < 4.78 is 0. The molecular formula is C17H34O5. The molecule has 0 bridgehead atoms. The third kappa shape index (κ3) is 18.9. The van der Waals surface area contributed by atoms with E-state index in [2.05, 4.69) is 6.92 Å². The highest BCUT2D eigenvalue weighted by molar-refractivity contribution is 5.66. The molecule has 0 heterocycles. The first kappa shape index (κ1) is 23.2. The Morgan fingerprint density at radius 2 is 1.41 bits per heavy atom. The van der Waals surface area contributed by atoms with Crippen molar-refractivity contribution in [3.05, 3.63) is 11.8 Å². The minimum absolute atomic E-state index is 0.187. The van der Waals surface area contributed by atoms with Gasteiger partial charge in [0.05, 0.1) is 6.61 Å². The SMILES string of the molecule is CC=C(O)C(O)CO.CCCCCCCCCCCC(=O)O. The van der Waals surface area contributed by atoms with Crippen molar-refractivity contribution in [1.82, 2.24) is 0 Å². The van der Waals surface area contributed by atoms with Crippen LogP contribution in [0.4, 0.5) is 0 Å². The van der Waals surface area contributed by atoms with Crippen LogP contribution in [-0.4, -0.2) is 39.1 Å². The van der Waals surface area contributed by atoms with E-state index in [9.17, 15) is 4.79 Å². The van der Waals surface area contributed by atoms with E-state index < -0.39 is 18.7 Å². The Labute approximate surface area is 134 Å². The first-order valence-corrected chi connectivity index (χ1v) is 8.35. The highest BCUT2D eigenvalue weighted by atomic mass is 16.4. The van der Waals surface area contributed by atoms with Crippen LogP contribution in [0, 0.1) is 0 Å². The fourth-order valence-corrected chi connectivity index (χ4v) is 1.87. The molecule has 0 aromatic rings. The largest absolute Gasteiger partial charge is 0.510 e. The van der Waals surface area contributed by atoms with Gasteiger partial charge in [0, 0.05) is 6.42 Å². The zero-order valence-electron chi connectivity index (χ0n) is 14.1. The van der Waals surface area contributed by atoms with Crippen LogP contribution in [0.15, 0.2) is 11.8 Å². The summed E-state index contributed by atoms with van der Waals surface area (Å²) >= 11 is 0. The van der Waals surface area contributed by atoms with Crippen LogP contribution < -0.4 is 0 Å². The average Bonchev–Trinajstić information content (AvgIpc) is 2.52. The van der Waals surface area contributed by atoms with Gasteiger partial charge >= 0.3 is 5.97 Å². The smallest absolute Gasteiger partial charge is 0.303 e. The topological polar surface area (TPSA) is 98.0 Å². The minimum Gasteiger partial charge on any atom is -0.510 e. The van der Waals surface area contributed by atoms with Crippen LogP contribution in [0.25, 0.3) is 0 Å². The molecule has 0 saturated carbocycles. The molecule has 0 spiro atoms. The summed E-state index contributed by atoms with van der Waals surface area (Å²) in [5.41, 5.74) is 0. The summed E-state index contributed by atoms with van der Waals surface area (Å²) in [4.78, 5) is 10.2. The fourth-order valence-electron chi connectivity index (χ4n) is 1.87. The maximum Gasteiger partial charge on any atom is 0.303 e. The Morgan fingerprint density at radius 1 is 0.955 bits per heavy atom. The molecule has 5 heteroatoms. The second kappa shape index (κ2) is 18.0. The molecule has 132 valence electrons. The van der Waals surface area contributed by atoms with Crippen molar-refractivity contribution in [2.45, 2.75) is 84.2 Å². The first-order chi connectivity index (χ1) is 10.5. The Morgan fingerprint density at radius 3 is 1.73 bits per heavy atom. The van der Waals surface area contributed by atoms with Gasteiger partial charge < -0.3 is 20.4 Å². The Hall–Kier alpha value is -1.07. The summed E-state index contributed by atoms with van der Waals surface area (Å²) in [5.74, 6) is -0.847. The van der Waals surface area contributed by atoms with Gasteiger partial charge in [0.15, 0.2) is 0 Å². The van der Waals surface area contributed by atoms with Gasteiger partial charge in [-0.05, 0) is 19.4 Å². The van der Waals surface area contributed by atoms with E-state index >= 15 is 0 Å². The van der Waals surface area contributed by atoms with Crippen molar-refractivity contribution in [2.75, 3.05) is 6.61 Å². The highest BCUT2D eigenvalue weighted by Gasteiger charge is 2.03. The molecule has 0 aliphatic carbocycles. The number of aliphatic carboxylic acids is 1. The van der Waals surface area contributed by atoms with Crippen LogP contribution in [0.1, 0.15) is 78.1 Å². The number of rotatable bonds is 12. The molecule has 0 radical (unpaired) electrons. The number of hydrogen-bond acceptors (Lipinski definition) is 4. The molecule has 1 unspecified atom stereocenters. The predicted octanol–water partition coefficient (Wildman–Crippen LogP) is 3.79. The minimum atomic E-state index is -1.11. The number of aliphatic hydroxyl groups is 3. The van der Waals surface area contributed by atoms with Crippen molar-refractivity contribution >= 4 is 5.97 Å². The zero-order valence-corrected chi connectivity index (χ0v) is 14.1. The second-order valence-electron chi connectivity index (χ2n) is 5.38. The molecule has 0 rings (SSSR count). The van der Waals surface area contributed by atoms with Crippen molar-refractivity contribution in [2.24, 2.45) is 0 Å². The first-order valence-electron chi connectivity index (χ1n) is 8.35. The number of aliphatic hydroxyl groups excluding tert-OH is 3. The average molecular weight is 318 g/mol. The van der Waals surface area contributed by atoms with Gasteiger partial charge in [-0.3, -0.25) is 4.79 Å². The van der Waals surface area contributed by atoms with Gasteiger partial charge in [0.1, 0.15) is 11.9 Å². The molecule has 0 aromatic carbocycles. The molecule has 22 heavy (non-hydrogen) atoms. The molecule has 0 aromatic heterocycles. The van der Waals surface area contributed by atoms with E-state index in [-0.39, 0.29) is 5.76 Å². The number of carboxylic acid groups (broad SMARTS) is 1. The number of allylic oxidation sites excluding steroid dienone is 1. The lowest BCUT2D eigenvalue weighted by molar-refractivity contribution is -0.137. The Kier molecular flexibility index (Phi) is 19.0. The maximum atomic E-state index is 10.2. The molecule has 5 nitrogen and oxygen atoms in total. The van der Waals surface area contributed by atoms with Gasteiger partial charge in [-0.15, -0.1) is 0 Å². The van der Waals surface area contributed by atoms with Gasteiger partial charge in [0.25, 0.3) is 0 Å². The Balaban J connectivity index is 0. The van der Waals surface area contributed by atoms with Crippen LogP contribution in [0.5, 0.6) is 0 Å². The number of unbranched alkanes of at least 4 members (excludes halogenated alkanes) is 8. The van der Waals surface area contributed by atoms with Gasteiger partial charge in [0.2, 0.25) is 0 Å². The van der Waals surface area contributed by atoms with E-state index in [0.717, 1.165) is 12.8 Å². The standard InChI is InChI=1S/C12H24O2.C5H10O3/c1-2-3-4-5-6-7-8-9-10-11-12(13)14;1-2-4(7)5(8)3-6/h2-11H2,1H3,(H,13,14);2,5-8H,3H2,1H3. The van der Waals surface area contributed by atoms with Crippen LogP contribution >= 0.6 is 0 Å². The summed E-state index contributed by atoms with van der Waals surface area (Å²) in [6.45, 7) is 3.37. The number of carbonyl (C=O) groups is 1. The monoisotopic (exact) mass is 318 g/mol. The second-order valence-corrected chi connectivity index (χ2v) is 5.38. The summed E-state index contributed by atoms with van der Waals surface area (Å²) in [6, 6.07) is 0. The van der Waals surface area contributed by atoms with E-state index in [4.69, 9.17) is 20.4 Å². The van der Waals surface area contributed by atoms with E-state index in [1.807, 2.05) is 0 Å². The molecule has 0 amide bonds. The van der Waals surface area contributed by atoms with Crippen LogP contribution in [0.2, 0.25) is 0 Å². The summed E-state index contributed by atoms with van der Waals surface area (Å²) in [7, 11) is 0. The third-order valence-electron chi connectivity index (χ3n) is 3.30. The molecule has 0 saturated heterocycles. The van der Waals surface area contributed by atoms with Gasteiger partial charge in [-0.25, -0.2) is 0 Å². The van der Waals surface area contributed by atoms with Crippen LogP contribution in [0.3, 0.4) is 0 Å². The summed E-state index contributed by atoms with van der Waals surface area (Å²) in [5, 5.41) is 33.7.